The number of carbonyl (C=O) groups is 1. The van der Waals surface area contributed by atoms with Crippen molar-refractivity contribution in [3.05, 3.63) is 0 Å². The Balaban J connectivity index is 0. The van der Waals surface area contributed by atoms with Gasteiger partial charge in [0.2, 0.25) is 0 Å². The zero-order chi connectivity index (χ0) is 7.28. The van der Waals surface area contributed by atoms with Crippen LogP contribution in [0.15, 0.2) is 0 Å². The van der Waals surface area contributed by atoms with Crippen molar-refractivity contribution in [2.45, 2.75) is 26.7 Å². The van der Waals surface area contributed by atoms with Crippen LogP contribution in [0.3, 0.4) is 0 Å². The minimum Gasteiger partial charge on any atom is -0.324 e. The molecule has 0 aliphatic heterocycles. The maximum Gasteiger partial charge on any atom is 0.149 e. The lowest BCUT2D eigenvalue weighted by molar-refractivity contribution is -0.121. The summed E-state index contributed by atoms with van der Waals surface area (Å²) in [6.45, 7) is 4.23. The number of nitrogens with two attached hydrogens (primary N) is 1. The van der Waals surface area contributed by atoms with Gasteiger partial charge in [-0.05, 0) is 12.8 Å². The van der Waals surface area contributed by atoms with Crippen molar-refractivity contribution in [2.24, 2.45) is 11.7 Å². The maximum absolute atomic E-state index is 10.8. The lowest BCUT2D eigenvalue weighted by atomic mass is 9.98. The quantitative estimate of drug-likeness (QED) is 0.684. The fourth-order valence-corrected chi connectivity index (χ4v) is 0.911. The first-order valence-electron chi connectivity index (χ1n) is 3.49. The third-order valence-electron chi connectivity index (χ3n) is 1.64. The van der Waals surface area contributed by atoms with Crippen LogP contribution in [0.1, 0.15) is 26.7 Å². The molecule has 0 atom stereocenters. The molecule has 0 heterocycles. The van der Waals surface area contributed by atoms with Gasteiger partial charge in [0.25, 0.3) is 0 Å². The van der Waals surface area contributed by atoms with E-state index in [1.165, 1.54) is 0 Å². The summed E-state index contributed by atoms with van der Waals surface area (Å²) in [6, 6.07) is 0. The number of ketones is 1. The highest BCUT2D eigenvalue weighted by Crippen LogP contribution is 2.06. The molecule has 2 nitrogen and oxygen atoms in total. The van der Waals surface area contributed by atoms with E-state index in [-0.39, 0.29) is 30.7 Å². The molecular weight excluding hydrogens is 150 g/mol. The van der Waals surface area contributed by atoms with Gasteiger partial charge >= 0.3 is 0 Å². The zero-order valence-corrected chi connectivity index (χ0v) is 7.41. The number of hydrogen-bond donors (Lipinski definition) is 1. The van der Waals surface area contributed by atoms with Gasteiger partial charge in [0.1, 0.15) is 5.78 Å². The van der Waals surface area contributed by atoms with Crippen LogP contribution in [0.25, 0.3) is 0 Å². The second kappa shape index (κ2) is 7.03. The van der Waals surface area contributed by atoms with E-state index >= 15 is 0 Å². The van der Waals surface area contributed by atoms with E-state index in [0.29, 0.717) is 0 Å². The van der Waals surface area contributed by atoms with E-state index in [9.17, 15) is 4.79 Å². The Labute approximate surface area is 68.6 Å². The van der Waals surface area contributed by atoms with E-state index in [1.807, 2.05) is 13.8 Å². The highest BCUT2D eigenvalue weighted by Gasteiger charge is 2.10. The molecule has 0 bridgehead atoms. The molecule has 0 saturated heterocycles. The third-order valence-corrected chi connectivity index (χ3v) is 1.64. The predicted molar refractivity (Wildman–Crippen MR) is 45.4 cm³/mol. The van der Waals surface area contributed by atoms with Crippen LogP contribution in [0, 0.1) is 5.92 Å². The Hall–Kier alpha value is -0.0800. The minimum absolute atomic E-state index is 0. The molecule has 0 fully saturated rings. The topological polar surface area (TPSA) is 43.1 Å². The Kier molecular flexibility index (Phi) is 8.85. The van der Waals surface area contributed by atoms with Crippen molar-refractivity contribution >= 4 is 18.2 Å². The summed E-state index contributed by atoms with van der Waals surface area (Å²) in [4.78, 5) is 10.8. The van der Waals surface area contributed by atoms with Gasteiger partial charge < -0.3 is 5.73 Å². The summed E-state index contributed by atoms with van der Waals surface area (Å²) in [7, 11) is 0. The summed E-state index contributed by atoms with van der Waals surface area (Å²) < 4.78 is 0. The largest absolute Gasteiger partial charge is 0.324 e. The van der Waals surface area contributed by atoms with E-state index in [0.717, 1.165) is 12.8 Å². The van der Waals surface area contributed by atoms with Gasteiger partial charge in [-0.15, -0.1) is 12.4 Å². The monoisotopic (exact) mass is 165 g/mol. The molecule has 3 heteroatoms. The van der Waals surface area contributed by atoms with E-state index in [4.69, 9.17) is 5.73 Å². The lowest BCUT2D eigenvalue weighted by Gasteiger charge is -2.07. The van der Waals surface area contributed by atoms with Crippen molar-refractivity contribution < 1.29 is 4.79 Å². The van der Waals surface area contributed by atoms with Crippen LogP contribution >= 0.6 is 12.4 Å². The molecule has 0 aromatic rings. The summed E-state index contributed by atoms with van der Waals surface area (Å²) in [5.74, 6) is 0.398. The Morgan fingerprint density at radius 1 is 1.40 bits per heavy atom. The fraction of sp³-hybridized carbons (Fsp3) is 0.857. The molecule has 0 unspecified atom stereocenters. The highest BCUT2D eigenvalue weighted by atomic mass is 35.5. The summed E-state index contributed by atoms with van der Waals surface area (Å²) >= 11 is 0. The summed E-state index contributed by atoms with van der Waals surface area (Å²) in [6.07, 6.45) is 1.85. The predicted octanol–water partition coefficient (Wildman–Crippen LogP) is 1.37. The molecule has 0 radical (unpaired) electrons. The van der Waals surface area contributed by atoms with Crippen LogP contribution < -0.4 is 5.73 Å². The number of hydrogen-bond acceptors (Lipinski definition) is 2. The van der Waals surface area contributed by atoms with Gasteiger partial charge in [0, 0.05) is 5.92 Å². The average molecular weight is 166 g/mol. The Morgan fingerprint density at radius 2 is 1.80 bits per heavy atom. The van der Waals surface area contributed by atoms with Gasteiger partial charge in [-0.1, -0.05) is 13.8 Å². The third kappa shape index (κ3) is 3.85. The van der Waals surface area contributed by atoms with E-state index in [2.05, 4.69) is 0 Å². The van der Waals surface area contributed by atoms with Crippen LogP contribution in [-0.2, 0) is 4.79 Å². The first-order chi connectivity index (χ1) is 4.26. The maximum atomic E-state index is 10.8. The SMILES string of the molecule is CCC(CC)C(=O)CN.Cl. The first-order valence-corrected chi connectivity index (χ1v) is 3.49. The summed E-state index contributed by atoms with van der Waals surface area (Å²) in [5, 5.41) is 0. The molecule has 0 aliphatic carbocycles. The second-order valence-electron chi connectivity index (χ2n) is 2.18. The molecule has 0 aromatic carbocycles. The van der Waals surface area contributed by atoms with Gasteiger partial charge in [0.05, 0.1) is 6.54 Å². The Bertz CT molecular complexity index is 91.6. The molecule has 0 aliphatic rings. The van der Waals surface area contributed by atoms with Gasteiger partial charge in [0.15, 0.2) is 0 Å². The zero-order valence-electron chi connectivity index (χ0n) is 6.59. The molecular formula is C7H16ClNO. The molecule has 0 aromatic heterocycles. The van der Waals surface area contributed by atoms with Crippen molar-refractivity contribution in [1.82, 2.24) is 0 Å². The standard InChI is InChI=1S/C7H15NO.ClH/c1-3-6(4-2)7(9)5-8;/h6H,3-5,8H2,1-2H3;1H. The minimum atomic E-state index is 0. The van der Waals surface area contributed by atoms with E-state index < -0.39 is 0 Å². The summed E-state index contributed by atoms with van der Waals surface area (Å²) in [5.41, 5.74) is 5.17. The molecule has 0 rings (SSSR count). The second-order valence-corrected chi connectivity index (χ2v) is 2.18. The Morgan fingerprint density at radius 3 is 1.90 bits per heavy atom. The van der Waals surface area contributed by atoms with Crippen LogP contribution in [0.5, 0.6) is 0 Å². The van der Waals surface area contributed by atoms with Crippen LogP contribution in [0.2, 0.25) is 0 Å². The molecule has 2 N–H and O–H groups in total. The van der Waals surface area contributed by atoms with Crippen LogP contribution in [-0.4, -0.2) is 12.3 Å². The number of halogens is 1. The van der Waals surface area contributed by atoms with Crippen LogP contribution in [0.4, 0.5) is 0 Å². The van der Waals surface area contributed by atoms with E-state index in [1.54, 1.807) is 0 Å². The van der Waals surface area contributed by atoms with Crippen molar-refractivity contribution in [2.75, 3.05) is 6.54 Å². The number of carbonyl (C=O) groups excluding carboxylic acids is 1. The fourth-order valence-electron chi connectivity index (χ4n) is 0.911. The smallest absolute Gasteiger partial charge is 0.149 e. The van der Waals surface area contributed by atoms with Crippen molar-refractivity contribution in [1.29, 1.82) is 0 Å². The van der Waals surface area contributed by atoms with Gasteiger partial charge in [-0.2, -0.15) is 0 Å². The molecule has 0 saturated carbocycles. The first kappa shape index (κ1) is 12.6. The number of Topliss-reactive ketones (excluding diaryl/α,β-unsaturated/α-hetero) is 1. The molecule has 62 valence electrons. The molecule has 10 heavy (non-hydrogen) atoms. The lowest BCUT2D eigenvalue weighted by Crippen LogP contribution is -2.21. The van der Waals surface area contributed by atoms with Crippen molar-refractivity contribution in [3.63, 3.8) is 0 Å². The van der Waals surface area contributed by atoms with Crippen molar-refractivity contribution in [3.8, 4) is 0 Å². The molecule has 0 amide bonds. The molecule has 0 spiro atoms. The average Bonchev–Trinajstić information content (AvgIpc) is 1.90. The van der Waals surface area contributed by atoms with Gasteiger partial charge in [-0.3, -0.25) is 4.79 Å². The van der Waals surface area contributed by atoms with Gasteiger partial charge in [-0.25, -0.2) is 0 Å². The normalized spacial score (nSPS) is 9.20. The highest BCUT2D eigenvalue weighted by molar-refractivity contribution is 5.85. The number of rotatable bonds is 4.